The van der Waals surface area contributed by atoms with Crippen LogP contribution in [0, 0.1) is 0 Å². The zero-order valence-electron chi connectivity index (χ0n) is 46.5. The smallest absolute Gasteiger partial charge is 0.220 e. The fourth-order valence-corrected chi connectivity index (χ4v) is 9.82. The molecule has 1 aliphatic heterocycles. The van der Waals surface area contributed by atoms with E-state index in [1.165, 1.54) is 225 Å². The first-order valence-electron chi connectivity index (χ1n) is 30.7. The SMILES string of the molecule is CCCCCCCCC/C=C\CCCCCCCCCC(=O)NC(COC1OC(CO)C(O)C(O)C1O)C(O)/C=C/CC/C=C/CCCCCCCCCCCCCCCCCCCCCCCCCC. The second-order valence-electron chi connectivity index (χ2n) is 21.5. The summed E-state index contributed by atoms with van der Waals surface area (Å²) in [6.45, 7) is 3.79. The number of amides is 1. The van der Waals surface area contributed by atoms with Gasteiger partial charge < -0.3 is 40.3 Å². The van der Waals surface area contributed by atoms with Crippen molar-refractivity contribution < 1.29 is 39.8 Å². The van der Waals surface area contributed by atoms with Crippen molar-refractivity contribution in [2.75, 3.05) is 13.2 Å². The van der Waals surface area contributed by atoms with E-state index >= 15 is 0 Å². The third-order valence-corrected chi connectivity index (χ3v) is 14.7. The van der Waals surface area contributed by atoms with E-state index in [-0.39, 0.29) is 12.5 Å². The molecule has 1 saturated heterocycles. The molecule has 0 aromatic carbocycles. The maximum Gasteiger partial charge on any atom is 0.220 e. The molecule has 9 nitrogen and oxygen atoms in total. The van der Waals surface area contributed by atoms with E-state index in [4.69, 9.17) is 9.47 Å². The van der Waals surface area contributed by atoms with Gasteiger partial charge in [-0.15, -0.1) is 0 Å². The quantitative estimate of drug-likeness (QED) is 0.0261. The molecule has 0 bridgehead atoms. The molecule has 0 aromatic heterocycles. The molecule has 0 radical (unpaired) electrons. The standard InChI is InChI=1S/C62H117NO8/c1-3-5-7-9-11-13-15-17-19-21-23-24-25-26-27-28-29-30-31-32-33-34-35-37-39-41-43-45-47-49-51-56(65)55(54-70-62-61(69)60(68)59(67)57(53-64)71-62)63-58(66)52-50-48-46-44-42-40-38-36-22-20-18-16-14-12-10-8-6-4-2/h20,22,41,43,49,51,55-57,59-62,64-65,67-69H,3-19,21,23-40,42,44-48,50,52-54H2,1-2H3,(H,63,66)/b22-20-,43-41+,51-49+. The van der Waals surface area contributed by atoms with Gasteiger partial charge in [-0.1, -0.05) is 269 Å². The number of carbonyl (C=O) groups excluding carboxylic acids is 1. The Morgan fingerprint density at radius 2 is 0.803 bits per heavy atom. The molecule has 1 rings (SSSR count). The van der Waals surface area contributed by atoms with E-state index in [1.807, 2.05) is 6.08 Å². The predicted molar refractivity (Wildman–Crippen MR) is 300 cm³/mol. The van der Waals surface area contributed by atoms with Crippen LogP contribution in [-0.4, -0.2) is 87.5 Å². The van der Waals surface area contributed by atoms with Crippen LogP contribution in [0.1, 0.15) is 296 Å². The number of carbonyl (C=O) groups is 1. The Bertz CT molecular complexity index is 1210. The number of allylic oxidation sites excluding steroid dienone is 5. The third-order valence-electron chi connectivity index (χ3n) is 14.7. The van der Waals surface area contributed by atoms with Gasteiger partial charge in [-0.3, -0.25) is 4.79 Å². The van der Waals surface area contributed by atoms with Crippen LogP contribution in [0.15, 0.2) is 36.5 Å². The lowest BCUT2D eigenvalue weighted by molar-refractivity contribution is -0.302. The minimum Gasteiger partial charge on any atom is -0.394 e. The second kappa shape index (κ2) is 51.9. The van der Waals surface area contributed by atoms with Crippen LogP contribution in [0.2, 0.25) is 0 Å². The molecule has 1 fully saturated rings. The molecular formula is C62H117NO8. The Hall–Kier alpha value is -1.59. The van der Waals surface area contributed by atoms with Crippen molar-refractivity contribution in [3.05, 3.63) is 36.5 Å². The van der Waals surface area contributed by atoms with E-state index < -0.39 is 49.5 Å². The number of aliphatic hydroxyl groups is 5. The highest BCUT2D eigenvalue weighted by atomic mass is 16.7. The molecule has 7 unspecified atom stereocenters. The van der Waals surface area contributed by atoms with Gasteiger partial charge >= 0.3 is 0 Å². The van der Waals surface area contributed by atoms with Crippen LogP contribution >= 0.6 is 0 Å². The molecule has 9 heteroatoms. The van der Waals surface area contributed by atoms with Gasteiger partial charge in [0.2, 0.25) is 5.91 Å². The van der Waals surface area contributed by atoms with Crippen molar-refractivity contribution in [3.63, 3.8) is 0 Å². The van der Waals surface area contributed by atoms with Gasteiger partial charge in [0.05, 0.1) is 25.4 Å². The topological polar surface area (TPSA) is 149 Å². The summed E-state index contributed by atoms with van der Waals surface area (Å²) < 4.78 is 11.3. The van der Waals surface area contributed by atoms with Crippen LogP contribution < -0.4 is 5.32 Å². The summed E-state index contributed by atoms with van der Waals surface area (Å²) in [5.41, 5.74) is 0. The van der Waals surface area contributed by atoms with Gasteiger partial charge in [-0.25, -0.2) is 0 Å². The number of unbranched alkanes of at least 4 members (excludes halogenated alkanes) is 39. The summed E-state index contributed by atoms with van der Waals surface area (Å²) in [6, 6.07) is -0.824. The fraction of sp³-hybridized carbons (Fsp3) is 0.887. The van der Waals surface area contributed by atoms with Crippen molar-refractivity contribution in [2.45, 2.75) is 339 Å². The highest BCUT2D eigenvalue weighted by Crippen LogP contribution is 2.23. The summed E-state index contributed by atoms with van der Waals surface area (Å²) in [4.78, 5) is 13.0. The number of hydrogen-bond donors (Lipinski definition) is 6. The van der Waals surface area contributed by atoms with Crippen LogP contribution in [0.3, 0.4) is 0 Å². The van der Waals surface area contributed by atoms with Crippen LogP contribution in [0.25, 0.3) is 0 Å². The second-order valence-corrected chi connectivity index (χ2v) is 21.5. The molecule has 7 atom stereocenters. The first-order valence-corrected chi connectivity index (χ1v) is 30.7. The average Bonchev–Trinajstić information content (AvgIpc) is 3.37. The van der Waals surface area contributed by atoms with Gasteiger partial charge in [-0.05, 0) is 57.8 Å². The molecule has 71 heavy (non-hydrogen) atoms. The van der Waals surface area contributed by atoms with Crippen molar-refractivity contribution in [3.8, 4) is 0 Å². The molecule has 1 amide bonds. The van der Waals surface area contributed by atoms with Gasteiger partial charge in [-0.2, -0.15) is 0 Å². The molecule has 0 aromatic rings. The lowest BCUT2D eigenvalue weighted by atomic mass is 9.99. The zero-order valence-corrected chi connectivity index (χ0v) is 46.5. The molecule has 418 valence electrons. The summed E-state index contributed by atoms with van der Waals surface area (Å²) in [6.07, 6.45) is 60.9. The van der Waals surface area contributed by atoms with Crippen LogP contribution in [0.4, 0.5) is 0 Å². The Labute approximate surface area is 438 Å². The maximum atomic E-state index is 13.0. The summed E-state index contributed by atoms with van der Waals surface area (Å²) in [5.74, 6) is -0.188. The molecule has 1 aliphatic rings. The summed E-state index contributed by atoms with van der Waals surface area (Å²) >= 11 is 0. The summed E-state index contributed by atoms with van der Waals surface area (Å²) in [7, 11) is 0. The van der Waals surface area contributed by atoms with Crippen molar-refractivity contribution in [1.82, 2.24) is 5.32 Å². The van der Waals surface area contributed by atoms with E-state index in [2.05, 4.69) is 43.5 Å². The predicted octanol–water partition coefficient (Wildman–Crippen LogP) is 15.5. The number of aliphatic hydroxyl groups excluding tert-OH is 5. The minimum absolute atomic E-state index is 0.188. The largest absolute Gasteiger partial charge is 0.394 e. The summed E-state index contributed by atoms with van der Waals surface area (Å²) in [5, 5.41) is 54.5. The Morgan fingerprint density at radius 1 is 0.465 bits per heavy atom. The molecular weight excluding hydrogens is 887 g/mol. The van der Waals surface area contributed by atoms with Crippen LogP contribution in [-0.2, 0) is 14.3 Å². The van der Waals surface area contributed by atoms with Crippen molar-refractivity contribution >= 4 is 5.91 Å². The highest BCUT2D eigenvalue weighted by Gasteiger charge is 2.44. The number of nitrogens with one attached hydrogen (secondary N) is 1. The first-order chi connectivity index (χ1) is 34.8. The Morgan fingerprint density at radius 3 is 1.18 bits per heavy atom. The lowest BCUT2D eigenvalue weighted by Crippen LogP contribution is -2.60. The first kappa shape index (κ1) is 67.4. The molecule has 6 N–H and O–H groups in total. The van der Waals surface area contributed by atoms with E-state index in [0.717, 1.165) is 51.4 Å². The van der Waals surface area contributed by atoms with Crippen LogP contribution in [0.5, 0.6) is 0 Å². The average molecular weight is 1000 g/mol. The Kier molecular flexibility index (Phi) is 49.3. The van der Waals surface area contributed by atoms with Gasteiger partial charge in [0.25, 0.3) is 0 Å². The van der Waals surface area contributed by atoms with Gasteiger partial charge in [0, 0.05) is 6.42 Å². The van der Waals surface area contributed by atoms with Crippen molar-refractivity contribution in [1.29, 1.82) is 0 Å². The van der Waals surface area contributed by atoms with E-state index in [0.29, 0.717) is 6.42 Å². The maximum absolute atomic E-state index is 13.0. The highest BCUT2D eigenvalue weighted by molar-refractivity contribution is 5.76. The number of rotatable bonds is 53. The molecule has 0 spiro atoms. The molecule has 0 aliphatic carbocycles. The Balaban J connectivity index is 2.20. The van der Waals surface area contributed by atoms with Gasteiger partial charge in [0.1, 0.15) is 24.4 Å². The van der Waals surface area contributed by atoms with E-state index in [1.54, 1.807) is 6.08 Å². The number of ether oxygens (including phenoxy) is 2. The van der Waals surface area contributed by atoms with Gasteiger partial charge in [0.15, 0.2) is 6.29 Å². The monoisotopic (exact) mass is 1000 g/mol. The van der Waals surface area contributed by atoms with E-state index in [9.17, 15) is 30.3 Å². The normalized spacial score (nSPS) is 19.5. The number of hydrogen-bond acceptors (Lipinski definition) is 8. The third kappa shape index (κ3) is 41.4. The minimum atomic E-state index is -1.57. The zero-order chi connectivity index (χ0) is 51.5. The lowest BCUT2D eigenvalue weighted by Gasteiger charge is -2.40. The fourth-order valence-electron chi connectivity index (χ4n) is 9.82. The van der Waals surface area contributed by atoms with Crippen molar-refractivity contribution in [2.24, 2.45) is 0 Å². The molecule has 0 saturated carbocycles. The molecule has 1 heterocycles.